The SMILES string of the molecule is CC(=O)N1CCC2(CC1)CCN(C(=O)[C@@H](N)C(C)C)C2. The molecule has 0 aromatic heterocycles. The van der Waals surface area contributed by atoms with Crippen molar-refractivity contribution in [2.75, 3.05) is 26.2 Å². The van der Waals surface area contributed by atoms with Gasteiger partial charge in [0, 0.05) is 33.1 Å². The molecule has 2 aliphatic heterocycles. The summed E-state index contributed by atoms with van der Waals surface area (Å²) in [4.78, 5) is 27.6. The van der Waals surface area contributed by atoms with Crippen LogP contribution in [-0.4, -0.2) is 53.8 Å². The summed E-state index contributed by atoms with van der Waals surface area (Å²) in [5, 5.41) is 0. The predicted molar refractivity (Wildman–Crippen MR) is 77.9 cm³/mol. The van der Waals surface area contributed by atoms with E-state index < -0.39 is 0 Å². The standard InChI is InChI=1S/C15H27N3O2/c1-11(2)13(16)14(20)18-9-6-15(10-18)4-7-17(8-5-15)12(3)19/h11,13H,4-10,16H2,1-3H3/t13-/m0/s1. The first-order valence-electron chi connectivity index (χ1n) is 7.64. The molecule has 5 nitrogen and oxygen atoms in total. The number of rotatable bonds is 2. The molecule has 114 valence electrons. The molecule has 0 saturated carbocycles. The minimum Gasteiger partial charge on any atom is -0.343 e. The lowest BCUT2D eigenvalue weighted by Crippen LogP contribution is -2.48. The molecule has 2 rings (SSSR count). The number of hydrogen-bond acceptors (Lipinski definition) is 3. The number of nitrogens with two attached hydrogens (primary N) is 1. The summed E-state index contributed by atoms with van der Waals surface area (Å²) < 4.78 is 0. The molecule has 5 heteroatoms. The van der Waals surface area contributed by atoms with E-state index in [2.05, 4.69) is 0 Å². The molecule has 0 bridgehead atoms. The third-order valence-corrected chi connectivity index (χ3v) is 5.02. The Labute approximate surface area is 121 Å². The van der Waals surface area contributed by atoms with Crippen molar-refractivity contribution in [2.45, 2.75) is 46.1 Å². The summed E-state index contributed by atoms with van der Waals surface area (Å²) in [6, 6.07) is -0.387. The fraction of sp³-hybridized carbons (Fsp3) is 0.867. The highest BCUT2D eigenvalue weighted by atomic mass is 16.2. The number of nitrogens with zero attached hydrogens (tertiary/aromatic N) is 2. The Balaban J connectivity index is 1.93. The number of hydrogen-bond donors (Lipinski definition) is 1. The normalized spacial score (nSPS) is 23.4. The zero-order valence-electron chi connectivity index (χ0n) is 12.9. The van der Waals surface area contributed by atoms with Gasteiger partial charge in [-0.1, -0.05) is 13.8 Å². The predicted octanol–water partition coefficient (Wildman–Crippen LogP) is 0.831. The Morgan fingerprint density at radius 2 is 1.55 bits per heavy atom. The van der Waals surface area contributed by atoms with Gasteiger partial charge in [0.15, 0.2) is 0 Å². The van der Waals surface area contributed by atoms with Crippen LogP contribution in [0.3, 0.4) is 0 Å². The largest absolute Gasteiger partial charge is 0.343 e. The van der Waals surface area contributed by atoms with Crippen molar-refractivity contribution in [1.29, 1.82) is 0 Å². The van der Waals surface area contributed by atoms with Crippen molar-refractivity contribution in [2.24, 2.45) is 17.1 Å². The van der Waals surface area contributed by atoms with Crippen LogP contribution < -0.4 is 5.73 Å². The van der Waals surface area contributed by atoms with E-state index in [1.165, 1.54) is 0 Å². The van der Waals surface area contributed by atoms with Gasteiger partial charge in [-0.2, -0.15) is 0 Å². The second kappa shape index (κ2) is 5.72. The van der Waals surface area contributed by atoms with E-state index in [0.717, 1.165) is 45.4 Å². The van der Waals surface area contributed by atoms with Crippen LogP contribution in [0.1, 0.15) is 40.0 Å². The molecule has 20 heavy (non-hydrogen) atoms. The summed E-state index contributed by atoms with van der Waals surface area (Å²) in [6.45, 7) is 8.89. The minimum absolute atomic E-state index is 0.0888. The molecule has 0 aromatic carbocycles. The van der Waals surface area contributed by atoms with Crippen LogP contribution in [0.15, 0.2) is 0 Å². The fourth-order valence-electron chi connectivity index (χ4n) is 3.32. The molecule has 2 fully saturated rings. The lowest BCUT2D eigenvalue weighted by molar-refractivity contribution is -0.134. The molecule has 0 radical (unpaired) electrons. The van der Waals surface area contributed by atoms with Crippen LogP contribution in [0.25, 0.3) is 0 Å². The Morgan fingerprint density at radius 3 is 2.00 bits per heavy atom. The van der Waals surface area contributed by atoms with E-state index in [9.17, 15) is 9.59 Å². The lowest BCUT2D eigenvalue weighted by Gasteiger charge is -2.39. The van der Waals surface area contributed by atoms with Crippen LogP contribution in [0.4, 0.5) is 0 Å². The van der Waals surface area contributed by atoms with Crippen LogP contribution in [-0.2, 0) is 9.59 Å². The maximum Gasteiger partial charge on any atom is 0.239 e. The number of carbonyl (C=O) groups excluding carboxylic acids is 2. The molecule has 0 aliphatic carbocycles. The second-order valence-electron chi connectivity index (χ2n) is 6.79. The van der Waals surface area contributed by atoms with Crippen molar-refractivity contribution in [3.63, 3.8) is 0 Å². The van der Waals surface area contributed by atoms with E-state index in [1.54, 1.807) is 6.92 Å². The molecule has 0 unspecified atom stereocenters. The summed E-state index contributed by atoms with van der Waals surface area (Å²) in [5.74, 6) is 0.428. The van der Waals surface area contributed by atoms with Crippen LogP contribution in [0.5, 0.6) is 0 Å². The number of carbonyl (C=O) groups is 2. The first-order chi connectivity index (χ1) is 9.34. The first kappa shape index (κ1) is 15.3. The van der Waals surface area contributed by atoms with E-state index in [4.69, 9.17) is 5.73 Å². The van der Waals surface area contributed by atoms with Gasteiger partial charge < -0.3 is 15.5 Å². The zero-order valence-corrected chi connectivity index (χ0v) is 12.9. The van der Waals surface area contributed by atoms with Crippen LogP contribution in [0, 0.1) is 11.3 Å². The summed E-state index contributed by atoms with van der Waals surface area (Å²) >= 11 is 0. The Hall–Kier alpha value is -1.10. The van der Waals surface area contributed by atoms with Gasteiger partial charge in [-0.15, -0.1) is 0 Å². The van der Waals surface area contributed by atoms with E-state index in [0.29, 0.717) is 0 Å². The molecule has 2 N–H and O–H groups in total. The first-order valence-corrected chi connectivity index (χ1v) is 7.64. The highest BCUT2D eigenvalue weighted by Gasteiger charge is 2.43. The van der Waals surface area contributed by atoms with Gasteiger partial charge in [-0.05, 0) is 30.6 Å². The Morgan fingerprint density at radius 1 is 1.05 bits per heavy atom. The molecule has 0 aromatic rings. The molecule has 1 spiro atoms. The highest BCUT2D eigenvalue weighted by molar-refractivity contribution is 5.82. The van der Waals surface area contributed by atoms with Crippen molar-refractivity contribution in [3.05, 3.63) is 0 Å². The maximum absolute atomic E-state index is 12.3. The third kappa shape index (κ3) is 2.97. The average molecular weight is 281 g/mol. The average Bonchev–Trinajstić information content (AvgIpc) is 2.81. The van der Waals surface area contributed by atoms with E-state index in [-0.39, 0.29) is 29.2 Å². The quantitative estimate of drug-likeness (QED) is 0.815. The molecular weight excluding hydrogens is 254 g/mol. The number of likely N-dealkylation sites (tertiary alicyclic amines) is 2. The van der Waals surface area contributed by atoms with Crippen LogP contribution in [0.2, 0.25) is 0 Å². The van der Waals surface area contributed by atoms with E-state index >= 15 is 0 Å². The molecule has 2 heterocycles. The second-order valence-corrected chi connectivity index (χ2v) is 6.79. The third-order valence-electron chi connectivity index (χ3n) is 5.02. The van der Waals surface area contributed by atoms with Crippen molar-refractivity contribution >= 4 is 11.8 Å². The lowest BCUT2D eigenvalue weighted by atomic mass is 9.78. The molecule has 1 atom stereocenters. The number of amides is 2. The monoisotopic (exact) mass is 281 g/mol. The van der Waals surface area contributed by atoms with Gasteiger partial charge in [0.25, 0.3) is 0 Å². The molecule has 2 amide bonds. The fourth-order valence-corrected chi connectivity index (χ4v) is 3.32. The van der Waals surface area contributed by atoms with Gasteiger partial charge in [0.05, 0.1) is 6.04 Å². The molecule has 2 saturated heterocycles. The van der Waals surface area contributed by atoms with Crippen molar-refractivity contribution < 1.29 is 9.59 Å². The summed E-state index contributed by atoms with van der Waals surface area (Å²) in [7, 11) is 0. The summed E-state index contributed by atoms with van der Waals surface area (Å²) in [5.41, 5.74) is 6.20. The Bertz CT molecular complexity index is 387. The van der Waals surface area contributed by atoms with Gasteiger partial charge in [0.1, 0.15) is 0 Å². The van der Waals surface area contributed by atoms with Gasteiger partial charge in [-0.25, -0.2) is 0 Å². The minimum atomic E-state index is -0.387. The van der Waals surface area contributed by atoms with Crippen LogP contribution >= 0.6 is 0 Å². The van der Waals surface area contributed by atoms with Gasteiger partial charge in [-0.3, -0.25) is 9.59 Å². The molecule has 2 aliphatic rings. The van der Waals surface area contributed by atoms with Gasteiger partial charge >= 0.3 is 0 Å². The Kier molecular flexibility index (Phi) is 4.37. The van der Waals surface area contributed by atoms with E-state index in [1.807, 2.05) is 23.6 Å². The zero-order chi connectivity index (χ0) is 14.9. The van der Waals surface area contributed by atoms with Crippen molar-refractivity contribution in [1.82, 2.24) is 9.80 Å². The summed E-state index contributed by atoms with van der Waals surface area (Å²) in [6.07, 6.45) is 3.07. The molecular formula is C15H27N3O2. The highest BCUT2D eigenvalue weighted by Crippen LogP contribution is 2.40. The smallest absolute Gasteiger partial charge is 0.239 e. The van der Waals surface area contributed by atoms with Crippen molar-refractivity contribution in [3.8, 4) is 0 Å². The maximum atomic E-state index is 12.3. The number of piperidine rings is 1. The topological polar surface area (TPSA) is 66.6 Å². The van der Waals surface area contributed by atoms with Gasteiger partial charge in [0.2, 0.25) is 11.8 Å².